The molecule has 0 amide bonds. The summed E-state index contributed by atoms with van der Waals surface area (Å²) in [7, 11) is 1.19. The van der Waals surface area contributed by atoms with Gasteiger partial charge in [0, 0.05) is 23.2 Å². The van der Waals surface area contributed by atoms with E-state index in [1.165, 1.54) is 36.8 Å². The van der Waals surface area contributed by atoms with E-state index in [1.807, 2.05) is 5.38 Å². The number of alkyl halides is 3. The first-order valence-corrected chi connectivity index (χ1v) is 12.0. The summed E-state index contributed by atoms with van der Waals surface area (Å²) in [6.45, 7) is 2.04. The van der Waals surface area contributed by atoms with Gasteiger partial charge in [0.2, 0.25) is 0 Å². The van der Waals surface area contributed by atoms with Crippen molar-refractivity contribution in [3.63, 3.8) is 0 Å². The van der Waals surface area contributed by atoms with Crippen molar-refractivity contribution >= 4 is 33.2 Å². The molecule has 4 aromatic rings. The maximum Gasteiger partial charge on any atom is 0.419 e. The van der Waals surface area contributed by atoms with E-state index < -0.39 is 17.7 Å². The number of hydrogen-bond donors (Lipinski definition) is 1. The highest BCUT2D eigenvalue weighted by Crippen LogP contribution is 2.37. The molecular formula is C27H27F3N2O5S. The minimum atomic E-state index is -4.54. The number of nitrogen functional groups attached to an aromatic ring is 1. The van der Waals surface area contributed by atoms with Crippen molar-refractivity contribution in [1.29, 1.82) is 0 Å². The third-order valence-corrected chi connectivity index (χ3v) is 6.43. The molecule has 2 heterocycles. The van der Waals surface area contributed by atoms with E-state index in [9.17, 15) is 18.0 Å². The van der Waals surface area contributed by atoms with Crippen LogP contribution in [-0.2, 0) is 24.1 Å². The summed E-state index contributed by atoms with van der Waals surface area (Å²) in [6.07, 6.45) is -3.14. The SMILES string of the molecule is C.CCOC(=O)c1cnc(N)c2c(COc3cccc(OCc4ccc(OC)c(C(F)(F)F)c4)c3)csc12. The van der Waals surface area contributed by atoms with Crippen molar-refractivity contribution in [3.05, 3.63) is 76.3 Å². The third-order valence-electron chi connectivity index (χ3n) is 5.37. The number of carbonyl (C=O) groups is 1. The number of hydrogen-bond acceptors (Lipinski definition) is 8. The van der Waals surface area contributed by atoms with Crippen molar-refractivity contribution < 1.29 is 36.9 Å². The highest BCUT2D eigenvalue weighted by molar-refractivity contribution is 7.17. The number of nitrogens with zero attached hydrogens (tertiary/aromatic N) is 1. The fourth-order valence-electron chi connectivity index (χ4n) is 3.64. The van der Waals surface area contributed by atoms with E-state index in [0.29, 0.717) is 32.7 Å². The molecule has 0 spiro atoms. The average molecular weight is 549 g/mol. The van der Waals surface area contributed by atoms with Crippen LogP contribution in [0.3, 0.4) is 0 Å². The molecule has 0 saturated carbocycles. The molecule has 0 unspecified atom stereocenters. The molecule has 4 rings (SSSR count). The van der Waals surface area contributed by atoms with E-state index in [1.54, 1.807) is 31.2 Å². The van der Waals surface area contributed by atoms with Crippen LogP contribution in [-0.4, -0.2) is 24.7 Å². The topological polar surface area (TPSA) is 92.9 Å². The summed E-state index contributed by atoms with van der Waals surface area (Å²) in [4.78, 5) is 16.4. The Labute approximate surface area is 221 Å². The van der Waals surface area contributed by atoms with Crippen molar-refractivity contribution in [2.45, 2.75) is 33.7 Å². The van der Waals surface area contributed by atoms with E-state index in [2.05, 4.69) is 4.98 Å². The van der Waals surface area contributed by atoms with Crippen LogP contribution in [0.2, 0.25) is 0 Å². The van der Waals surface area contributed by atoms with E-state index in [4.69, 9.17) is 24.7 Å². The summed E-state index contributed by atoms with van der Waals surface area (Å²) in [6, 6.07) is 10.5. The van der Waals surface area contributed by atoms with Crippen LogP contribution in [0, 0.1) is 0 Å². The van der Waals surface area contributed by atoms with Gasteiger partial charge in [0.25, 0.3) is 0 Å². The molecule has 0 fully saturated rings. The first-order chi connectivity index (χ1) is 17.7. The van der Waals surface area contributed by atoms with Gasteiger partial charge >= 0.3 is 12.1 Å². The minimum absolute atomic E-state index is 0. The number of nitrogens with two attached hydrogens (primary N) is 1. The first-order valence-electron chi connectivity index (χ1n) is 11.1. The second-order valence-corrected chi connectivity index (χ2v) is 8.71. The quantitative estimate of drug-likeness (QED) is 0.228. The molecule has 0 aliphatic carbocycles. The van der Waals surface area contributed by atoms with Gasteiger partial charge in [-0.15, -0.1) is 11.3 Å². The Kier molecular flexibility index (Phi) is 9.05. The summed E-state index contributed by atoms with van der Waals surface area (Å²) >= 11 is 1.34. The molecule has 2 N–H and O–H groups in total. The summed E-state index contributed by atoms with van der Waals surface area (Å²) < 4.78 is 62.0. The lowest BCUT2D eigenvalue weighted by atomic mass is 10.1. The second-order valence-electron chi connectivity index (χ2n) is 7.83. The predicted octanol–water partition coefficient (Wildman–Crippen LogP) is 6.88. The number of anilines is 1. The third kappa shape index (κ3) is 6.28. The van der Waals surface area contributed by atoms with Gasteiger partial charge < -0.3 is 24.7 Å². The van der Waals surface area contributed by atoms with Crippen LogP contribution in [0.25, 0.3) is 10.1 Å². The lowest BCUT2D eigenvalue weighted by molar-refractivity contribution is -0.138. The standard InChI is InChI=1S/C26H23F3N2O5S.CH4/c1-3-34-25(32)19-11-31-24(30)22-16(14-37-23(19)22)13-36-18-6-4-5-17(10-18)35-12-15-7-8-21(33-2)20(9-15)26(27,28)29;/h4-11,14H,3,12-13H2,1-2H3,(H2,30,31);1H4. The smallest absolute Gasteiger partial charge is 0.419 e. The Bertz CT molecular complexity index is 1420. The first kappa shape index (κ1) is 28.6. The van der Waals surface area contributed by atoms with Crippen molar-refractivity contribution in [3.8, 4) is 17.2 Å². The lowest BCUT2D eigenvalue weighted by Crippen LogP contribution is -2.09. The Balaban J connectivity index is 0.00000400. The monoisotopic (exact) mass is 548 g/mol. The number of methoxy groups -OCH3 is 1. The molecular weight excluding hydrogens is 521 g/mol. The molecule has 11 heteroatoms. The van der Waals surface area contributed by atoms with Crippen LogP contribution in [0.15, 0.2) is 54.0 Å². The molecule has 7 nitrogen and oxygen atoms in total. The molecule has 0 bridgehead atoms. The fourth-order valence-corrected chi connectivity index (χ4v) is 4.70. The van der Waals surface area contributed by atoms with Crippen molar-refractivity contribution in [2.24, 2.45) is 0 Å². The van der Waals surface area contributed by atoms with Gasteiger partial charge in [0.1, 0.15) is 36.3 Å². The molecule has 38 heavy (non-hydrogen) atoms. The minimum Gasteiger partial charge on any atom is -0.496 e. The van der Waals surface area contributed by atoms with Gasteiger partial charge in [-0.3, -0.25) is 0 Å². The number of benzene rings is 2. The number of pyridine rings is 1. The molecule has 0 atom stereocenters. The number of aromatic nitrogens is 1. The number of esters is 1. The lowest BCUT2D eigenvalue weighted by Gasteiger charge is -2.14. The number of halogens is 3. The Morgan fingerprint density at radius 3 is 2.45 bits per heavy atom. The number of rotatable bonds is 9. The maximum absolute atomic E-state index is 13.3. The van der Waals surface area contributed by atoms with Gasteiger partial charge in [0.15, 0.2) is 0 Å². The number of thiophene rings is 1. The summed E-state index contributed by atoms with van der Waals surface area (Å²) in [5.74, 6) is 0.451. The van der Waals surface area contributed by atoms with Gasteiger partial charge in [-0.25, -0.2) is 9.78 Å². The number of ether oxygens (including phenoxy) is 4. The zero-order valence-electron chi connectivity index (χ0n) is 19.9. The van der Waals surface area contributed by atoms with Crippen LogP contribution in [0.4, 0.5) is 19.0 Å². The van der Waals surface area contributed by atoms with E-state index in [0.717, 1.165) is 11.6 Å². The van der Waals surface area contributed by atoms with Crippen LogP contribution < -0.4 is 19.9 Å². The average Bonchev–Trinajstić information content (AvgIpc) is 3.31. The van der Waals surface area contributed by atoms with Gasteiger partial charge in [-0.2, -0.15) is 13.2 Å². The maximum atomic E-state index is 13.3. The zero-order valence-corrected chi connectivity index (χ0v) is 20.7. The van der Waals surface area contributed by atoms with Crippen LogP contribution in [0.5, 0.6) is 17.2 Å². The summed E-state index contributed by atoms with van der Waals surface area (Å²) in [5, 5.41) is 2.47. The Morgan fingerprint density at radius 2 is 1.79 bits per heavy atom. The molecule has 2 aromatic heterocycles. The van der Waals surface area contributed by atoms with Crippen LogP contribution in [0.1, 0.15) is 41.4 Å². The van der Waals surface area contributed by atoms with Crippen LogP contribution >= 0.6 is 11.3 Å². The van der Waals surface area contributed by atoms with Gasteiger partial charge in [-0.1, -0.05) is 19.6 Å². The highest BCUT2D eigenvalue weighted by Gasteiger charge is 2.34. The Morgan fingerprint density at radius 1 is 1.08 bits per heavy atom. The molecule has 2 aromatic carbocycles. The number of fused-ring (bicyclic) bond motifs is 1. The van der Waals surface area contributed by atoms with Crippen molar-refractivity contribution in [2.75, 3.05) is 19.5 Å². The number of carbonyl (C=O) groups excluding carboxylic acids is 1. The normalized spacial score (nSPS) is 11.1. The summed E-state index contributed by atoms with van der Waals surface area (Å²) in [5.41, 5.74) is 6.64. The zero-order chi connectivity index (χ0) is 26.6. The molecule has 0 aliphatic heterocycles. The Hall–Kier alpha value is -3.99. The van der Waals surface area contributed by atoms with E-state index >= 15 is 0 Å². The predicted molar refractivity (Wildman–Crippen MR) is 140 cm³/mol. The second kappa shape index (κ2) is 12.0. The molecule has 0 aliphatic rings. The van der Waals surface area contributed by atoms with Crippen molar-refractivity contribution in [1.82, 2.24) is 4.98 Å². The van der Waals surface area contributed by atoms with Gasteiger partial charge in [-0.05, 0) is 42.1 Å². The van der Waals surface area contributed by atoms with Gasteiger partial charge in [0.05, 0.1) is 29.5 Å². The van der Waals surface area contributed by atoms with E-state index in [-0.39, 0.29) is 38.8 Å². The molecule has 0 saturated heterocycles. The molecule has 0 radical (unpaired) electrons. The highest BCUT2D eigenvalue weighted by atomic mass is 32.1. The molecule has 202 valence electrons. The fraction of sp³-hybridized carbons (Fsp3) is 0.259. The largest absolute Gasteiger partial charge is 0.496 e.